The molecule has 4 unspecified atom stereocenters. The minimum absolute atomic E-state index is 0. The van der Waals surface area contributed by atoms with Crippen LogP contribution < -0.4 is 90.5 Å². The fraction of sp³-hybridized carbons (Fsp3) is 0.381. The van der Waals surface area contributed by atoms with E-state index in [1.165, 1.54) is 103 Å². The molecule has 8 bridgehead atoms. The van der Waals surface area contributed by atoms with Crippen molar-refractivity contribution in [1.82, 2.24) is 76.2 Å². The van der Waals surface area contributed by atoms with Gasteiger partial charge in [0.1, 0.15) is 35.3 Å². The molecule has 0 saturated carbocycles. The third kappa shape index (κ3) is 19.5. The van der Waals surface area contributed by atoms with Crippen molar-refractivity contribution in [3.8, 4) is 0 Å². The summed E-state index contributed by atoms with van der Waals surface area (Å²) in [5.74, 6) is 2.41. The first kappa shape index (κ1) is 96.5. The van der Waals surface area contributed by atoms with E-state index in [4.69, 9.17) is 19.0 Å². The molecule has 16 rings (SSSR count). The zero-order valence-electron chi connectivity index (χ0n) is 72.6. The van der Waals surface area contributed by atoms with Crippen LogP contribution >= 0.6 is 23.2 Å². The number of hydroxylamine groups is 6. The van der Waals surface area contributed by atoms with Crippen LogP contribution in [0.25, 0.3) is 16.7 Å². The van der Waals surface area contributed by atoms with Crippen molar-refractivity contribution in [3.63, 3.8) is 0 Å². The molecule has 5 fully saturated rings. The third-order valence-electron chi connectivity index (χ3n) is 22.9. The predicted molar refractivity (Wildman–Crippen MR) is 472 cm³/mol. The summed E-state index contributed by atoms with van der Waals surface area (Å²) in [6.45, 7) is 25.9. The van der Waals surface area contributed by atoms with Crippen LogP contribution in [0.1, 0.15) is 65.2 Å². The summed E-state index contributed by atoms with van der Waals surface area (Å²) in [7, 11) is 4.58. The number of allylic oxidation sites excluding steroid dienone is 1. The molecule has 8 amide bonds. The number of hydrogen-bond donors (Lipinski definition) is 0. The molecule has 4 atom stereocenters. The molecule has 658 valence electrons. The van der Waals surface area contributed by atoms with Gasteiger partial charge in [-0.2, -0.15) is 19.5 Å². The number of likely N-dealkylation sites (N-methyl/N-ethyl adjacent to an activating group) is 1. The fourth-order valence-electron chi connectivity index (χ4n) is 15.8. The first-order valence-electron chi connectivity index (χ1n) is 39.6. The number of carbonyl (C=O) groups is 4. The van der Waals surface area contributed by atoms with Gasteiger partial charge in [0.05, 0.1) is 76.6 Å². The molecule has 0 aliphatic carbocycles. The first-order chi connectivity index (χ1) is 58.6. The summed E-state index contributed by atoms with van der Waals surface area (Å²) in [6, 6.07) is 29.9. The SMILES string of the molecule is C/C=C/[P+](c1ccccc1)(c1ccccc1)c1ccccc1.C=CCON1C(=O)N2CC(C)=C(B3OC(C)(C)C(C)(C)O3)C1C2.C=CCON1C(=O)N2CC=C(c3cn(C)c(=O)n(C)c3=O)C1C2.CCN1C(=O)N2CC=C(c3cn(C)c(=O)n(C)c3=O)C1C2.Cn1cc(Br)c(=O)n(C)c1=O.Cn1cc(C2=CCN3CC2N(OS(=O)(=O)[O-])C3=O)c(=O)n(C)c1=O.[Na+]. The number of urea groups is 4. The number of nitrogens with zero attached hydrogens (tertiary/aromatic N) is 16. The molecule has 4 aromatic heterocycles. The summed E-state index contributed by atoms with van der Waals surface area (Å²) in [6.07, 6.45) is 16.5. The van der Waals surface area contributed by atoms with Crippen molar-refractivity contribution in [2.45, 2.75) is 83.8 Å². The Bertz CT molecular complexity index is 6020. The van der Waals surface area contributed by atoms with E-state index in [1.54, 1.807) is 65.2 Å². The average molecular weight is 1830 g/mol. The molecule has 125 heavy (non-hydrogen) atoms. The second kappa shape index (κ2) is 39.5. The van der Waals surface area contributed by atoms with Crippen LogP contribution in [0.5, 0.6) is 0 Å². The number of hydrogen-bond acceptors (Lipinski definition) is 20. The minimum Gasteiger partial charge on any atom is -0.724 e. The van der Waals surface area contributed by atoms with Crippen LogP contribution in [0.2, 0.25) is 0 Å². The fourth-order valence-corrected chi connectivity index (χ4v) is 20.5. The molecule has 9 aliphatic heterocycles. The minimum atomic E-state index is -5.16. The molecular formula is C84H101BBrN16NaO20PS+. The van der Waals surface area contributed by atoms with Crippen LogP contribution in [0, 0.1) is 0 Å². The number of rotatable bonds is 17. The third-order valence-corrected chi connectivity index (χ3v) is 27.8. The van der Waals surface area contributed by atoms with Gasteiger partial charge in [-0.25, -0.2) is 46.8 Å². The van der Waals surface area contributed by atoms with Crippen molar-refractivity contribution in [2.24, 2.45) is 56.4 Å². The molecule has 3 aromatic carbocycles. The van der Waals surface area contributed by atoms with E-state index in [2.05, 4.69) is 143 Å². The van der Waals surface area contributed by atoms with E-state index < -0.39 is 59.3 Å². The molecule has 7 aromatic rings. The number of halogens is 1. The maximum Gasteiger partial charge on any atom is 1.00 e. The Kier molecular flexibility index (Phi) is 30.5. The first-order valence-corrected chi connectivity index (χ1v) is 43.6. The van der Waals surface area contributed by atoms with Crippen LogP contribution in [0.4, 0.5) is 19.2 Å². The molecular weight excluding hydrogens is 1730 g/mol. The number of amides is 8. The van der Waals surface area contributed by atoms with Crippen molar-refractivity contribution < 1.29 is 85.0 Å². The van der Waals surface area contributed by atoms with Gasteiger partial charge in [-0.1, -0.05) is 96.6 Å². The monoisotopic (exact) mass is 1830 g/mol. The van der Waals surface area contributed by atoms with Gasteiger partial charge in [0.15, 0.2) is 0 Å². The van der Waals surface area contributed by atoms with Gasteiger partial charge >= 0.3 is 83.6 Å². The van der Waals surface area contributed by atoms with Gasteiger partial charge < -0.3 is 56.6 Å². The zero-order chi connectivity index (χ0) is 90.7. The van der Waals surface area contributed by atoms with Gasteiger partial charge in [-0.15, -0.1) is 13.2 Å². The van der Waals surface area contributed by atoms with Gasteiger partial charge in [-0.05, 0) is 123 Å². The number of aromatic nitrogens is 8. The number of fused-ring (bicyclic) bond motifs is 8. The second-order valence-electron chi connectivity index (χ2n) is 31.4. The van der Waals surface area contributed by atoms with Crippen LogP contribution in [0.15, 0.2) is 225 Å². The Hall–Kier alpha value is -10.7. The quantitative estimate of drug-likeness (QED) is 0.0400. The Morgan fingerprint density at radius 3 is 1.22 bits per heavy atom. The van der Waals surface area contributed by atoms with Crippen molar-refractivity contribution in [3.05, 3.63) is 287 Å². The maximum absolute atomic E-state index is 12.5. The molecule has 9 aliphatic rings. The molecule has 5 saturated heterocycles. The van der Waals surface area contributed by atoms with E-state index >= 15 is 0 Å². The molecule has 13 heterocycles. The van der Waals surface area contributed by atoms with E-state index in [1.807, 2.05) is 53.7 Å². The summed E-state index contributed by atoms with van der Waals surface area (Å²) < 4.78 is 59.0. The Labute approximate surface area is 752 Å². The summed E-state index contributed by atoms with van der Waals surface area (Å²) >= 11 is 3.04. The van der Waals surface area contributed by atoms with Crippen molar-refractivity contribution in [2.75, 3.05) is 72.1 Å². The number of aryl methyl sites for hydroxylation is 4. The van der Waals surface area contributed by atoms with Gasteiger partial charge in [0.2, 0.25) is 10.4 Å². The molecule has 0 N–H and O–H groups in total. The number of carbonyl (C=O) groups excluding carboxylic acids is 4. The summed E-state index contributed by atoms with van der Waals surface area (Å²) in [5, 5.41) is 7.36. The van der Waals surface area contributed by atoms with Crippen LogP contribution in [-0.2, 0) is 90.0 Å². The van der Waals surface area contributed by atoms with Crippen LogP contribution in [0.3, 0.4) is 0 Å². The van der Waals surface area contributed by atoms with E-state index in [0.717, 1.165) is 34.9 Å². The largest absolute Gasteiger partial charge is 1.00 e. The van der Waals surface area contributed by atoms with E-state index in [-0.39, 0.29) is 125 Å². The standard InChI is InChI=1S/C21H20P.C16H25BN2O4.C15H18N4O4.C14H18N4O3.C12H14N4O7S.C6H7BrN2O2.Na/c1-2-18-22(19-12-6-3-7-13-19,20-14-8-4-9-15-20)21-16-10-5-11-17-21;1-7-8-21-19-12-10-18(14(19)20)9-11(2)13(12)17-22-15(3,4)16(5,6)23-17;1-4-7-23-19-12-9-18(15(19)22)6-5-10(12)11-8-16(2)14(21)17(3)13(11)20;1-4-18-11-8-17(14(18)21)6-5-9(11)10-7-15(2)13(20)16(3)12(10)19;1-13-5-8(10(17)14(2)11(13)18)7-3-4-15-6-9(7)16(12(15)19)23-24(20,21)22;1-8-3-4(7)5(10)9(2)6(8)11;/h2-18H,1H3;7,12H,1,8-10H2,2-6H3;4-5,8,12H,1,6-7,9H2,2-3H3;5,7,11H,4,6,8H2,1-3H3;3,5,9H,4,6H2,1-2H3,(H,20,21,22);3H,1-2H3;/q+1;;;;;;+1/p-1/b18-2+;;;;;;. The normalized spacial score (nSPS) is 19.4. The van der Waals surface area contributed by atoms with Crippen molar-refractivity contribution in [1.29, 1.82) is 0 Å². The Balaban J connectivity index is 0.000000158. The predicted octanol–water partition coefficient (Wildman–Crippen LogP) is 0.827. The van der Waals surface area contributed by atoms with Gasteiger partial charge in [0.25, 0.3) is 22.2 Å². The summed E-state index contributed by atoms with van der Waals surface area (Å²) in [5.41, 5.74) is 1.00. The van der Waals surface area contributed by atoms with Crippen LogP contribution in [-0.4, -0.2) is 228 Å². The average Bonchev–Trinajstić information content (AvgIpc) is 1.38. The van der Waals surface area contributed by atoms with E-state index in [9.17, 15) is 70.5 Å². The maximum atomic E-state index is 12.5. The molecule has 36 nitrogen and oxygen atoms in total. The Morgan fingerprint density at radius 1 is 0.504 bits per heavy atom. The van der Waals surface area contributed by atoms with Crippen molar-refractivity contribution >= 4 is 97.5 Å². The van der Waals surface area contributed by atoms with E-state index in [0.29, 0.717) is 84.2 Å². The molecule has 0 spiro atoms. The molecule has 0 radical (unpaired) electrons. The second-order valence-corrected chi connectivity index (χ2v) is 36.5. The zero-order valence-corrected chi connectivity index (χ0v) is 77.9. The number of benzene rings is 3. The topological polar surface area (TPSA) is 374 Å². The smallest absolute Gasteiger partial charge is 0.724 e. The Morgan fingerprint density at radius 2 is 0.840 bits per heavy atom. The van der Waals surface area contributed by atoms with Gasteiger partial charge in [0, 0.05) is 127 Å². The molecule has 41 heteroatoms. The summed E-state index contributed by atoms with van der Waals surface area (Å²) in [4.78, 5) is 163. The van der Waals surface area contributed by atoms with Gasteiger partial charge in [-0.3, -0.25) is 47.1 Å².